The third kappa shape index (κ3) is 6.36. The number of para-hydroxylation sites is 1. The number of piperidine rings is 1. The summed E-state index contributed by atoms with van der Waals surface area (Å²) < 4.78 is 8.02. The van der Waals surface area contributed by atoms with Crippen molar-refractivity contribution in [2.24, 2.45) is 7.05 Å². The number of anilines is 4. The summed E-state index contributed by atoms with van der Waals surface area (Å²) in [6.45, 7) is 7.66. The van der Waals surface area contributed by atoms with Gasteiger partial charge in [-0.15, -0.1) is 0 Å². The number of carbonyl (C=O) groups is 1. The van der Waals surface area contributed by atoms with Crippen molar-refractivity contribution < 1.29 is 9.53 Å². The van der Waals surface area contributed by atoms with E-state index in [1.165, 1.54) is 19.3 Å². The highest BCUT2D eigenvalue weighted by molar-refractivity contribution is 6.06. The van der Waals surface area contributed by atoms with Gasteiger partial charge in [0.05, 0.1) is 23.4 Å². The second-order valence-electron chi connectivity index (χ2n) is 12.1. The Bertz CT molecular complexity index is 1840. The van der Waals surface area contributed by atoms with Crippen molar-refractivity contribution in [3.8, 4) is 17.1 Å². The second kappa shape index (κ2) is 12.8. The number of hydrogen-bond donors (Lipinski definition) is 3. The Kier molecular flexibility index (Phi) is 8.22. The van der Waals surface area contributed by atoms with Crippen molar-refractivity contribution in [1.82, 2.24) is 39.6 Å². The molecule has 7 rings (SSSR count). The summed E-state index contributed by atoms with van der Waals surface area (Å²) in [5.41, 5.74) is 5.26. The molecule has 13 heteroatoms. The number of hydrogen-bond acceptors (Lipinski definition) is 10. The number of aromatic nitrogens is 7. The van der Waals surface area contributed by atoms with Crippen LogP contribution < -0.4 is 20.3 Å². The van der Waals surface area contributed by atoms with E-state index < -0.39 is 0 Å². The summed E-state index contributed by atoms with van der Waals surface area (Å²) in [4.78, 5) is 39.3. The quantitative estimate of drug-likeness (QED) is 0.214. The number of nitrogens with one attached hydrogen (secondary N) is 3. The van der Waals surface area contributed by atoms with Gasteiger partial charge in [-0.1, -0.05) is 12.1 Å². The monoisotopic (exact) mass is 621 g/mol. The molecule has 2 saturated heterocycles. The van der Waals surface area contributed by atoms with Crippen molar-refractivity contribution in [1.29, 1.82) is 0 Å². The molecule has 0 bridgehead atoms. The molecule has 1 aromatic carbocycles. The fraction of sp³-hybridized carbons (Fsp3) is 0.394. The molecule has 0 spiro atoms. The first-order valence-electron chi connectivity index (χ1n) is 15.9. The average Bonchev–Trinajstić information content (AvgIpc) is 3.77. The van der Waals surface area contributed by atoms with Crippen LogP contribution in [0.3, 0.4) is 0 Å². The van der Waals surface area contributed by atoms with Crippen LogP contribution in [0.5, 0.6) is 5.88 Å². The van der Waals surface area contributed by atoms with Crippen LogP contribution in [0.25, 0.3) is 22.2 Å². The number of aromatic amines is 1. The fourth-order valence-electron chi connectivity index (χ4n) is 6.21. The molecule has 2 fully saturated rings. The molecule has 0 radical (unpaired) electrons. The maximum Gasteiger partial charge on any atom is 0.238 e. The van der Waals surface area contributed by atoms with E-state index in [1.54, 1.807) is 17.1 Å². The number of fused-ring (bicyclic) bond motifs is 1. The molecule has 2 aliphatic rings. The van der Waals surface area contributed by atoms with Crippen molar-refractivity contribution in [2.45, 2.75) is 45.6 Å². The second-order valence-corrected chi connectivity index (χ2v) is 12.1. The van der Waals surface area contributed by atoms with Gasteiger partial charge in [0.25, 0.3) is 0 Å². The standard InChI is InChI=1S/C33H39N11O2/c1-21-17-36-32(38-27-16-22(2)42(3)41-27)40-30(21)25-18-35-31-24(25)8-7-9-26(31)37-28(45)20-43-15-11-23(19-43)46-29-10-12-34-33(39-29)44-13-5-4-6-14-44/h7-10,12,16-18,23,35H,4-6,11,13-15,19-20H2,1-3H3,(H,37,45)(H,36,38,40,41). The number of likely N-dealkylation sites (tertiary alicyclic amines) is 1. The number of rotatable bonds is 9. The highest BCUT2D eigenvalue weighted by Crippen LogP contribution is 2.33. The number of benzene rings is 1. The van der Waals surface area contributed by atoms with Gasteiger partial charge in [-0.05, 0) is 51.2 Å². The van der Waals surface area contributed by atoms with Gasteiger partial charge >= 0.3 is 0 Å². The van der Waals surface area contributed by atoms with Crippen LogP contribution in [0.15, 0.2) is 48.9 Å². The van der Waals surface area contributed by atoms with Gasteiger partial charge in [-0.2, -0.15) is 10.1 Å². The molecular weight excluding hydrogens is 582 g/mol. The van der Waals surface area contributed by atoms with Crippen LogP contribution in [0.4, 0.5) is 23.4 Å². The van der Waals surface area contributed by atoms with Gasteiger partial charge < -0.3 is 25.3 Å². The molecule has 0 aliphatic carbocycles. The number of carbonyl (C=O) groups excluding carboxylic acids is 1. The highest BCUT2D eigenvalue weighted by atomic mass is 16.5. The minimum absolute atomic E-state index is 0.0246. The summed E-state index contributed by atoms with van der Waals surface area (Å²) in [5.74, 6) is 2.40. The molecule has 46 heavy (non-hydrogen) atoms. The summed E-state index contributed by atoms with van der Waals surface area (Å²) in [6.07, 6.45) is 9.90. The zero-order valence-electron chi connectivity index (χ0n) is 26.5. The lowest BCUT2D eigenvalue weighted by Crippen LogP contribution is -2.33. The van der Waals surface area contributed by atoms with Crippen LogP contribution in [-0.2, 0) is 11.8 Å². The van der Waals surface area contributed by atoms with E-state index in [-0.39, 0.29) is 18.6 Å². The zero-order valence-corrected chi connectivity index (χ0v) is 26.5. The molecular formula is C33H39N11O2. The van der Waals surface area contributed by atoms with Gasteiger partial charge in [0.1, 0.15) is 6.10 Å². The van der Waals surface area contributed by atoms with E-state index in [0.717, 1.165) is 71.1 Å². The summed E-state index contributed by atoms with van der Waals surface area (Å²) in [6, 6.07) is 9.65. The molecule has 6 heterocycles. The minimum Gasteiger partial charge on any atom is -0.473 e. The van der Waals surface area contributed by atoms with E-state index >= 15 is 0 Å². The smallest absolute Gasteiger partial charge is 0.238 e. The molecule has 1 unspecified atom stereocenters. The van der Waals surface area contributed by atoms with E-state index in [2.05, 4.69) is 45.5 Å². The third-order valence-electron chi connectivity index (χ3n) is 8.71. The molecule has 1 amide bonds. The molecule has 1 atom stereocenters. The van der Waals surface area contributed by atoms with Gasteiger partial charge in [0.15, 0.2) is 5.82 Å². The number of aryl methyl sites for hydroxylation is 3. The minimum atomic E-state index is -0.0749. The Balaban J connectivity index is 0.991. The average molecular weight is 622 g/mol. The van der Waals surface area contributed by atoms with Crippen LogP contribution in [-0.4, -0.2) is 84.3 Å². The maximum absolute atomic E-state index is 13.2. The van der Waals surface area contributed by atoms with Crippen LogP contribution >= 0.6 is 0 Å². The SMILES string of the molecule is Cc1cnc(Nc2cc(C)n(C)n2)nc1-c1c[nH]c2c(NC(=O)CN3CCC(Oc4ccnc(N5CCCCC5)n4)C3)cccc12. The van der Waals surface area contributed by atoms with Gasteiger partial charge in [-0.25, -0.2) is 15.0 Å². The Morgan fingerprint density at radius 1 is 1.09 bits per heavy atom. The number of amides is 1. The predicted molar refractivity (Wildman–Crippen MR) is 177 cm³/mol. The summed E-state index contributed by atoms with van der Waals surface area (Å²) >= 11 is 0. The molecule has 5 aromatic rings. The van der Waals surface area contributed by atoms with Crippen molar-refractivity contribution in [2.75, 3.05) is 48.3 Å². The van der Waals surface area contributed by atoms with E-state index in [4.69, 9.17) is 9.72 Å². The predicted octanol–water partition coefficient (Wildman–Crippen LogP) is 4.59. The lowest BCUT2D eigenvalue weighted by atomic mass is 10.1. The zero-order chi connectivity index (χ0) is 31.6. The van der Waals surface area contributed by atoms with Gasteiger partial charge in [-0.3, -0.25) is 14.4 Å². The largest absolute Gasteiger partial charge is 0.473 e. The molecule has 0 saturated carbocycles. The van der Waals surface area contributed by atoms with Crippen molar-refractivity contribution >= 4 is 40.2 Å². The highest BCUT2D eigenvalue weighted by Gasteiger charge is 2.27. The van der Waals surface area contributed by atoms with Crippen molar-refractivity contribution in [3.05, 3.63) is 60.2 Å². The van der Waals surface area contributed by atoms with E-state index in [9.17, 15) is 4.79 Å². The number of H-pyrrole nitrogens is 1. The molecule has 4 aromatic heterocycles. The summed E-state index contributed by atoms with van der Waals surface area (Å²) in [7, 11) is 1.90. The van der Waals surface area contributed by atoms with Crippen LogP contribution in [0, 0.1) is 13.8 Å². The van der Waals surface area contributed by atoms with Crippen molar-refractivity contribution in [3.63, 3.8) is 0 Å². The first-order valence-corrected chi connectivity index (χ1v) is 15.9. The Morgan fingerprint density at radius 2 is 1.96 bits per heavy atom. The first kappa shape index (κ1) is 29.7. The van der Waals surface area contributed by atoms with Crippen LogP contribution in [0.2, 0.25) is 0 Å². The molecule has 2 aliphatic heterocycles. The Morgan fingerprint density at radius 3 is 2.78 bits per heavy atom. The van der Waals surface area contributed by atoms with E-state index in [1.807, 2.05) is 57.4 Å². The van der Waals surface area contributed by atoms with Gasteiger partial charge in [0, 0.05) is 80.6 Å². The topological polar surface area (TPSA) is 142 Å². The molecule has 3 N–H and O–H groups in total. The Labute approximate surface area is 267 Å². The lowest BCUT2D eigenvalue weighted by molar-refractivity contribution is -0.117. The first-order chi connectivity index (χ1) is 22.4. The lowest BCUT2D eigenvalue weighted by Gasteiger charge is -2.26. The maximum atomic E-state index is 13.2. The third-order valence-corrected chi connectivity index (χ3v) is 8.71. The molecule has 238 valence electrons. The van der Waals surface area contributed by atoms with E-state index in [0.29, 0.717) is 24.2 Å². The summed E-state index contributed by atoms with van der Waals surface area (Å²) in [5, 5.41) is 11.7. The fourth-order valence-corrected chi connectivity index (χ4v) is 6.21. The van der Waals surface area contributed by atoms with Gasteiger partial charge in [0.2, 0.25) is 23.7 Å². The number of ether oxygens (including phenoxy) is 1. The molecule has 13 nitrogen and oxygen atoms in total. The van der Waals surface area contributed by atoms with Crippen LogP contribution in [0.1, 0.15) is 36.9 Å². The number of nitrogens with zero attached hydrogens (tertiary/aromatic N) is 8. The Hall–Kier alpha value is -5.04. The normalized spacial score (nSPS) is 17.0.